The molecule has 0 spiro atoms. The minimum absolute atomic E-state index is 0.135. The third-order valence-electron chi connectivity index (χ3n) is 3.28. The number of pyridine rings is 1. The summed E-state index contributed by atoms with van der Waals surface area (Å²) in [6.07, 6.45) is 5.21. The van der Waals surface area contributed by atoms with Crippen LogP contribution in [0, 0.1) is 0 Å². The van der Waals surface area contributed by atoms with Crippen LogP contribution in [0.1, 0.15) is 0 Å². The fourth-order valence-electron chi connectivity index (χ4n) is 2.09. The van der Waals surface area contributed by atoms with E-state index in [9.17, 15) is 4.79 Å². The molecule has 6 nitrogen and oxygen atoms in total. The second kappa shape index (κ2) is 8.17. The summed E-state index contributed by atoms with van der Waals surface area (Å²) in [6.45, 7) is 0. The largest absolute Gasteiger partial charge is 0.497 e. The number of rotatable bonds is 6. The summed E-state index contributed by atoms with van der Waals surface area (Å²) in [4.78, 5) is 20.5. The molecular formula is C17H15BrN4O2S. The predicted octanol–water partition coefficient (Wildman–Crippen LogP) is 3.77. The molecule has 0 fully saturated rings. The van der Waals surface area contributed by atoms with Crippen LogP contribution in [0.4, 0.5) is 5.82 Å². The van der Waals surface area contributed by atoms with Crippen molar-refractivity contribution in [2.45, 2.75) is 5.16 Å². The van der Waals surface area contributed by atoms with Gasteiger partial charge in [0, 0.05) is 28.8 Å². The Bertz CT molecular complexity index is 850. The number of anilines is 1. The van der Waals surface area contributed by atoms with Gasteiger partial charge in [-0.05, 0) is 52.3 Å². The maximum absolute atomic E-state index is 12.1. The topological polar surface area (TPSA) is 69.0 Å². The van der Waals surface area contributed by atoms with Crippen LogP contribution in [-0.4, -0.2) is 33.3 Å². The number of halogens is 1. The number of carbonyl (C=O) groups is 1. The molecule has 1 N–H and O–H groups in total. The van der Waals surface area contributed by atoms with Crippen LogP contribution >= 0.6 is 27.7 Å². The van der Waals surface area contributed by atoms with Crippen LogP contribution in [-0.2, 0) is 4.79 Å². The Morgan fingerprint density at radius 1 is 1.24 bits per heavy atom. The highest BCUT2D eigenvalue weighted by Crippen LogP contribution is 2.22. The van der Waals surface area contributed by atoms with Gasteiger partial charge in [-0.15, -0.1) is 0 Å². The van der Waals surface area contributed by atoms with Gasteiger partial charge in [0.1, 0.15) is 11.6 Å². The van der Waals surface area contributed by atoms with E-state index >= 15 is 0 Å². The van der Waals surface area contributed by atoms with Gasteiger partial charge in [-0.2, -0.15) is 0 Å². The number of hydrogen-bond acceptors (Lipinski definition) is 5. The molecule has 128 valence electrons. The zero-order chi connectivity index (χ0) is 17.6. The van der Waals surface area contributed by atoms with Gasteiger partial charge in [0.15, 0.2) is 5.16 Å². The van der Waals surface area contributed by atoms with Gasteiger partial charge < -0.3 is 10.1 Å². The zero-order valence-corrected chi connectivity index (χ0v) is 15.8. The van der Waals surface area contributed by atoms with Crippen LogP contribution in [0.5, 0.6) is 5.75 Å². The Kier molecular flexibility index (Phi) is 5.72. The van der Waals surface area contributed by atoms with Gasteiger partial charge in [-0.1, -0.05) is 11.8 Å². The van der Waals surface area contributed by atoms with E-state index < -0.39 is 0 Å². The molecule has 0 unspecified atom stereocenters. The Morgan fingerprint density at radius 2 is 2.04 bits per heavy atom. The van der Waals surface area contributed by atoms with Crippen molar-refractivity contribution in [2.24, 2.45) is 0 Å². The van der Waals surface area contributed by atoms with E-state index in [1.165, 1.54) is 11.8 Å². The molecule has 1 amide bonds. The predicted molar refractivity (Wildman–Crippen MR) is 101 cm³/mol. The number of nitrogens with zero attached hydrogens (tertiary/aromatic N) is 3. The van der Waals surface area contributed by atoms with Gasteiger partial charge >= 0.3 is 0 Å². The minimum Gasteiger partial charge on any atom is -0.497 e. The molecule has 0 aliphatic carbocycles. The third-order valence-corrected chi connectivity index (χ3v) is 4.72. The molecule has 2 aromatic heterocycles. The molecule has 0 saturated carbocycles. The molecule has 0 aliphatic heterocycles. The van der Waals surface area contributed by atoms with Gasteiger partial charge in [0.2, 0.25) is 5.91 Å². The zero-order valence-electron chi connectivity index (χ0n) is 13.3. The van der Waals surface area contributed by atoms with E-state index in [0.717, 1.165) is 21.1 Å². The first-order valence-electron chi connectivity index (χ1n) is 7.37. The molecule has 25 heavy (non-hydrogen) atoms. The SMILES string of the molecule is COc1ccc(-n2ccnc2SCC(=O)Nc2ccc(Br)cn2)cc1. The quantitative estimate of drug-likeness (QED) is 0.616. The van der Waals surface area contributed by atoms with Crippen molar-refractivity contribution in [3.05, 3.63) is 59.5 Å². The van der Waals surface area contributed by atoms with Crippen molar-refractivity contribution in [3.8, 4) is 11.4 Å². The molecule has 0 atom stereocenters. The molecule has 0 bridgehead atoms. The third kappa shape index (κ3) is 4.61. The molecule has 0 aliphatic rings. The highest BCUT2D eigenvalue weighted by Gasteiger charge is 2.10. The van der Waals surface area contributed by atoms with Crippen LogP contribution in [0.25, 0.3) is 5.69 Å². The number of ether oxygens (including phenoxy) is 1. The minimum atomic E-state index is -0.135. The summed E-state index contributed by atoms with van der Waals surface area (Å²) in [7, 11) is 1.63. The number of thioether (sulfide) groups is 1. The van der Waals surface area contributed by atoms with E-state index in [1.54, 1.807) is 25.6 Å². The van der Waals surface area contributed by atoms with E-state index in [4.69, 9.17) is 4.74 Å². The molecule has 8 heteroatoms. The molecule has 1 aromatic carbocycles. The number of benzene rings is 1. The molecular weight excluding hydrogens is 404 g/mol. The lowest BCUT2D eigenvalue weighted by Gasteiger charge is -2.08. The average molecular weight is 419 g/mol. The van der Waals surface area contributed by atoms with Gasteiger partial charge in [0.25, 0.3) is 0 Å². The maximum atomic E-state index is 12.1. The lowest BCUT2D eigenvalue weighted by Crippen LogP contribution is -2.15. The van der Waals surface area contributed by atoms with Crippen LogP contribution in [0.3, 0.4) is 0 Å². The second-order valence-corrected chi connectivity index (χ2v) is 6.83. The first-order valence-corrected chi connectivity index (χ1v) is 9.15. The van der Waals surface area contributed by atoms with Crippen molar-refractivity contribution < 1.29 is 9.53 Å². The Hall–Kier alpha value is -2.32. The highest BCUT2D eigenvalue weighted by molar-refractivity contribution is 9.10. The number of nitrogens with one attached hydrogen (secondary N) is 1. The first-order chi connectivity index (χ1) is 12.2. The lowest BCUT2D eigenvalue weighted by atomic mass is 10.3. The number of aromatic nitrogens is 3. The van der Waals surface area contributed by atoms with E-state index in [2.05, 4.69) is 31.2 Å². The van der Waals surface area contributed by atoms with Gasteiger partial charge in [-0.25, -0.2) is 9.97 Å². The Morgan fingerprint density at radius 3 is 2.72 bits per heavy atom. The summed E-state index contributed by atoms with van der Waals surface area (Å²) >= 11 is 4.67. The van der Waals surface area contributed by atoms with E-state index in [0.29, 0.717) is 5.82 Å². The summed E-state index contributed by atoms with van der Waals surface area (Å²) in [5, 5.41) is 3.50. The summed E-state index contributed by atoms with van der Waals surface area (Å²) in [5.41, 5.74) is 0.954. The van der Waals surface area contributed by atoms with E-state index in [-0.39, 0.29) is 11.7 Å². The van der Waals surface area contributed by atoms with Crippen molar-refractivity contribution in [2.75, 3.05) is 18.2 Å². The summed E-state index contributed by atoms with van der Waals surface area (Å²) in [5.74, 6) is 1.42. The van der Waals surface area contributed by atoms with Crippen molar-refractivity contribution in [3.63, 3.8) is 0 Å². The van der Waals surface area contributed by atoms with Crippen LogP contribution < -0.4 is 10.1 Å². The molecule has 0 radical (unpaired) electrons. The summed E-state index contributed by atoms with van der Waals surface area (Å²) in [6, 6.07) is 11.2. The summed E-state index contributed by atoms with van der Waals surface area (Å²) < 4.78 is 7.96. The number of hydrogen-bond donors (Lipinski definition) is 1. The molecule has 3 aromatic rings. The number of imidazole rings is 1. The smallest absolute Gasteiger partial charge is 0.236 e. The van der Waals surface area contributed by atoms with Crippen molar-refractivity contribution in [1.29, 1.82) is 0 Å². The normalized spacial score (nSPS) is 10.5. The lowest BCUT2D eigenvalue weighted by molar-refractivity contribution is -0.113. The fourth-order valence-corrected chi connectivity index (χ4v) is 3.10. The van der Waals surface area contributed by atoms with E-state index in [1.807, 2.05) is 41.1 Å². The average Bonchev–Trinajstić information content (AvgIpc) is 3.10. The molecule has 2 heterocycles. The van der Waals surface area contributed by atoms with Gasteiger partial charge in [-0.3, -0.25) is 9.36 Å². The van der Waals surface area contributed by atoms with Crippen molar-refractivity contribution in [1.82, 2.24) is 14.5 Å². The molecule has 0 saturated heterocycles. The Balaban J connectivity index is 1.62. The number of amides is 1. The monoisotopic (exact) mass is 418 g/mol. The highest BCUT2D eigenvalue weighted by atomic mass is 79.9. The standard InChI is InChI=1S/C17H15BrN4O2S/c1-24-14-5-3-13(4-6-14)22-9-8-19-17(22)25-11-16(23)21-15-7-2-12(18)10-20-15/h2-10H,11H2,1H3,(H,20,21,23). The Labute approximate surface area is 157 Å². The first kappa shape index (κ1) is 17.5. The van der Waals surface area contributed by atoms with Crippen LogP contribution in [0.15, 0.2) is 64.6 Å². The molecule has 3 rings (SSSR count). The maximum Gasteiger partial charge on any atom is 0.236 e. The number of methoxy groups -OCH3 is 1. The van der Waals surface area contributed by atoms with Crippen molar-refractivity contribution >= 4 is 39.4 Å². The second-order valence-electron chi connectivity index (χ2n) is 4.98. The van der Waals surface area contributed by atoms with Crippen LogP contribution in [0.2, 0.25) is 0 Å². The number of carbonyl (C=O) groups excluding carboxylic acids is 1. The van der Waals surface area contributed by atoms with Gasteiger partial charge in [0.05, 0.1) is 12.9 Å². The fraction of sp³-hybridized carbons (Fsp3) is 0.118.